The van der Waals surface area contributed by atoms with E-state index in [9.17, 15) is 4.79 Å². The van der Waals surface area contributed by atoms with Crippen LogP contribution >= 0.6 is 0 Å². The van der Waals surface area contributed by atoms with Crippen LogP contribution in [0.5, 0.6) is 0 Å². The van der Waals surface area contributed by atoms with Crippen LogP contribution in [0.25, 0.3) is 0 Å². The van der Waals surface area contributed by atoms with E-state index in [2.05, 4.69) is 20.5 Å². The number of H-pyrrole nitrogens is 1. The molecule has 0 amide bonds. The normalized spacial score (nSPS) is 14.8. The lowest BCUT2D eigenvalue weighted by atomic mass is 10.1. The van der Waals surface area contributed by atoms with Crippen molar-refractivity contribution in [1.82, 2.24) is 20.5 Å². The number of carboxylic acids is 1. The fourth-order valence-electron chi connectivity index (χ4n) is 1.35. The monoisotopic (exact) mass is 212 g/mol. The number of hydrogen-bond donors (Lipinski definition) is 3. The third-order valence-electron chi connectivity index (χ3n) is 2.17. The van der Waals surface area contributed by atoms with Gasteiger partial charge in [-0.15, -0.1) is 0 Å². The van der Waals surface area contributed by atoms with Crippen molar-refractivity contribution in [2.45, 2.75) is 38.8 Å². The summed E-state index contributed by atoms with van der Waals surface area (Å²) in [6, 6.07) is 0.192. The predicted octanol–water partition coefficient (Wildman–Crippen LogP) is 0.709. The molecule has 2 atom stereocenters. The highest BCUT2D eigenvalue weighted by atomic mass is 16.4. The van der Waals surface area contributed by atoms with Crippen molar-refractivity contribution in [1.29, 1.82) is 0 Å². The average Bonchev–Trinajstić information content (AvgIpc) is 2.67. The Morgan fingerprint density at radius 3 is 2.93 bits per heavy atom. The second-order valence-corrected chi connectivity index (χ2v) is 3.59. The lowest BCUT2D eigenvalue weighted by molar-refractivity contribution is -0.137. The number of aliphatic carboxylic acids is 1. The van der Waals surface area contributed by atoms with E-state index in [1.807, 2.05) is 13.8 Å². The molecule has 1 aromatic heterocycles. The van der Waals surface area contributed by atoms with Gasteiger partial charge in [0.05, 0.1) is 6.04 Å². The average molecular weight is 212 g/mol. The van der Waals surface area contributed by atoms with Crippen LogP contribution in [-0.4, -0.2) is 32.3 Å². The van der Waals surface area contributed by atoms with Gasteiger partial charge in [-0.1, -0.05) is 0 Å². The van der Waals surface area contributed by atoms with Crippen molar-refractivity contribution >= 4 is 5.97 Å². The molecule has 0 saturated carbocycles. The molecule has 0 fully saturated rings. The molecule has 3 N–H and O–H groups in total. The highest BCUT2D eigenvalue weighted by Gasteiger charge is 2.12. The Hall–Kier alpha value is -1.43. The second kappa shape index (κ2) is 5.45. The Balaban J connectivity index is 2.31. The largest absolute Gasteiger partial charge is 0.481 e. The first-order valence-corrected chi connectivity index (χ1v) is 4.92. The van der Waals surface area contributed by atoms with Crippen LogP contribution in [-0.2, 0) is 4.79 Å². The molecule has 0 aliphatic rings. The molecule has 0 aliphatic carbocycles. The fraction of sp³-hybridized carbons (Fsp3) is 0.667. The van der Waals surface area contributed by atoms with Crippen LogP contribution in [0, 0.1) is 0 Å². The van der Waals surface area contributed by atoms with Crippen molar-refractivity contribution in [3.05, 3.63) is 12.2 Å². The lowest BCUT2D eigenvalue weighted by Crippen LogP contribution is -2.30. The SMILES string of the molecule is CC(CCC(=O)O)NC(C)c1ncn[nH]1. The standard InChI is InChI=1S/C9H16N4O2/c1-6(3-4-8(14)15)12-7(2)9-10-5-11-13-9/h5-7,12H,3-4H2,1-2H3,(H,14,15)(H,10,11,13). The van der Waals surface area contributed by atoms with Crippen molar-refractivity contribution in [2.75, 3.05) is 0 Å². The van der Waals surface area contributed by atoms with Gasteiger partial charge >= 0.3 is 5.97 Å². The van der Waals surface area contributed by atoms with E-state index < -0.39 is 5.97 Å². The van der Waals surface area contributed by atoms with Gasteiger partial charge < -0.3 is 10.4 Å². The first-order valence-electron chi connectivity index (χ1n) is 4.92. The van der Waals surface area contributed by atoms with Gasteiger partial charge in [0.2, 0.25) is 0 Å². The molecule has 0 saturated heterocycles. The van der Waals surface area contributed by atoms with Crippen LogP contribution < -0.4 is 5.32 Å². The van der Waals surface area contributed by atoms with Gasteiger partial charge in [0.15, 0.2) is 0 Å². The van der Waals surface area contributed by atoms with E-state index in [1.165, 1.54) is 6.33 Å². The van der Waals surface area contributed by atoms with E-state index in [0.29, 0.717) is 6.42 Å². The van der Waals surface area contributed by atoms with Gasteiger partial charge in [-0.2, -0.15) is 5.10 Å². The summed E-state index contributed by atoms with van der Waals surface area (Å²) in [5.74, 6) is -0.00635. The Labute approximate surface area is 88.1 Å². The fourth-order valence-corrected chi connectivity index (χ4v) is 1.35. The van der Waals surface area contributed by atoms with Crippen molar-refractivity contribution in [2.24, 2.45) is 0 Å². The first kappa shape index (κ1) is 11.6. The van der Waals surface area contributed by atoms with Gasteiger partial charge in [0.25, 0.3) is 0 Å². The molecule has 1 rings (SSSR count). The minimum absolute atomic E-state index is 0.0521. The quantitative estimate of drug-likeness (QED) is 0.646. The van der Waals surface area contributed by atoms with Crippen molar-refractivity contribution < 1.29 is 9.90 Å². The van der Waals surface area contributed by atoms with E-state index in [-0.39, 0.29) is 18.5 Å². The molecule has 2 unspecified atom stereocenters. The predicted molar refractivity (Wildman–Crippen MR) is 54.3 cm³/mol. The highest BCUT2D eigenvalue weighted by Crippen LogP contribution is 2.07. The minimum Gasteiger partial charge on any atom is -0.481 e. The summed E-state index contributed by atoms with van der Waals surface area (Å²) < 4.78 is 0. The van der Waals surface area contributed by atoms with Crippen LogP contribution in [0.15, 0.2) is 6.33 Å². The van der Waals surface area contributed by atoms with Crippen LogP contribution in [0.1, 0.15) is 38.6 Å². The molecule has 1 heterocycles. The Bertz CT molecular complexity index is 299. The number of nitrogens with one attached hydrogen (secondary N) is 2. The number of nitrogens with zero attached hydrogens (tertiary/aromatic N) is 2. The molecule has 0 spiro atoms. The summed E-state index contributed by atoms with van der Waals surface area (Å²) in [4.78, 5) is 14.4. The van der Waals surface area contributed by atoms with Gasteiger partial charge in [-0.05, 0) is 20.3 Å². The molecule has 0 radical (unpaired) electrons. The van der Waals surface area contributed by atoms with E-state index >= 15 is 0 Å². The number of carboxylic acid groups (broad SMARTS) is 1. The zero-order valence-electron chi connectivity index (χ0n) is 8.90. The van der Waals surface area contributed by atoms with E-state index in [1.54, 1.807) is 0 Å². The molecular formula is C9H16N4O2. The van der Waals surface area contributed by atoms with Crippen molar-refractivity contribution in [3.8, 4) is 0 Å². The zero-order valence-corrected chi connectivity index (χ0v) is 8.90. The summed E-state index contributed by atoms with van der Waals surface area (Å²) in [5, 5.41) is 18.3. The Morgan fingerprint density at radius 2 is 2.40 bits per heavy atom. The number of hydrogen-bond acceptors (Lipinski definition) is 4. The smallest absolute Gasteiger partial charge is 0.303 e. The summed E-state index contributed by atoms with van der Waals surface area (Å²) >= 11 is 0. The third kappa shape index (κ3) is 4.07. The number of aromatic amines is 1. The maximum atomic E-state index is 10.4. The summed E-state index contributed by atoms with van der Waals surface area (Å²) in [7, 11) is 0. The number of rotatable bonds is 6. The number of aromatic nitrogens is 3. The zero-order chi connectivity index (χ0) is 11.3. The summed E-state index contributed by atoms with van der Waals surface area (Å²) in [5.41, 5.74) is 0. The van der Waals surface area contributed by atoms with Crippen LogP contribution in [0.2, 0.25) is 0 Å². The van der Waals surface area contributed by atoms with Gasteiger partial charge in [0.1, 0.15) is 12.2 Å². The Kier molecular flexibility index (Phi) is 4.23. The summed E-state index contributed by atoms with van der Waals surface area (Å²) in [6.07, 6.45) is 2.24. The maximum absolute atomic E-state index is 10.4. The lowest BCUT2D eigenvalue weighted by Gasteiger charge is -2.17. The van der Waals surface area contributed by atoms with Crippen LogP contribution in [0.4, 0.5) is 0 Å². The van der Waals surface area contributed by atoms with Crippen molar-refractivity contribution in [3.63, 3.8) is 0 Å². The molecule has 15 heavy (non-hydrogen) atoms. The maximum Gasteiger partial charge on any atom is 0.303 e. The molecule has 0 aliphatic heterocycles. The first-order chi connectivity index (χ1) is 7.09. The highest BCUT2D eigenvalue weighted by molar-refractivity contribution is 5.66. The topological polar surface area (TPSA) is 90.9 Å². The van der Waals surface area contributed by atoms with E-state index in [4.69, 9.17) is 5.11 Å². The molecule has 6 heteroatoms. The van der Waals surface area contributed by atoms with Gasteiger partial charge in [-0.3, -0.25) is 9.89 Å². The molecular weight excluding hydrogens is 196 g/mol. The van der Waals surface area contributed by atoms with Gasteiger partial charge in [-0.25, -0.2) is 4.98 Å². The Morgan fingerprint density at radius 1 is 1.67 bits per heavy atom. The summed E-state index contributed by atoms with van der Waals surface area (Å²) in [6.45, 7) is 3.91. The molecule has 0 bridgehead atoms. The van der Waals surface area contributed by atoms with E-state index in [0.717, 1.165) is 5.82 Å². The molecule has 1 aromatic rings. The molecule has 84 valence electrons. The number of carbonyl (C=O) groups is 1. The molecule has 6 nitrogen and oxygen atoms in total. The van der Waals surface area contributed by atoms with Gasteiger partial charge in [0, 0.05) is 12.5 Å². The third-order valence-corrected chi connectivity index (χ3v) is 2.17. The second-order valence-electron chi connectivity index (χ2n) is 3.59. The minimum atomic E-state index is -0.768. The van der Waals surface area contributed by atoms with Crippen LogP contribution in [0.3, 0.4) is 0 Å². The molecule has 0 aromatic carbocycles.